The normalized spacial score (nSPS) is 10.8. The summed E-state index contributed by atoms with van der Waals surface area (Å²) in [7, 11) is 0. The van der Waals surface area contributed by atoms with Gasteiger partial charge in [-0.1, -0.05) is 34.1 Å². The van der Waals surface area contributed by atoms with Crippen molar-refractivity contribution in [3.8, 4) is 0 Å². The second-order valence-electron chi connectivity index (χ2n) is 3.40. The smallest absolute Gasteiger partial charge is 0.303 e. The molecule has 15 heavy (non-hydrogen) atoms. The summed E-state index contributed by atoms with van der Waals surface area (Å²) in [4.78, 5) is 10.3. The summed E-state index contributed by atoms with van der Waals surface area (Å²) < 4.78 is 1.04. The molecule has 0 unspecified atom stereocenters. The molecule has 2 nitrogen and oxygen atoms in total. The van der Waals surface area contributed by atoms with Crippen molar-refractivity contribution in [2.75, 3.05) is 0 Å². The van der Waals surface area contributed by atoms with Crippen LogP contribution in [0.5, 0.6) is 0 Å². The number of hydrogen-bond donors (Lipinski definition) is 1. The third-order valence-electron chi connectivity index (χ3n) is 1.90. The average Bonchev–Trinajstić information content (AvgIpc) is 2.10. The predicted molar refractivity (Wildman–Crippen MR) is 64.8 cm³/mol. The first-order chi connectivity index (χ1) is 7.08. The summed E-state index contributed by atoms with van der Waals surface area (Å²) in [5.41, 5.74) is 2.27. The van der Waals surface area contributed by atoms with E-state index in [1.165, 1.54) is 5.56 Å². The number of carbonyl (C=O) groups is 1. The fourth-order valence-corrected chi connectivity index (χ4v) is 1.91. The van der Waals surface area contributed by atoms with E-state index in [2.05, 4.69) is 22.0 Å². The van der Waals surface area contributed by atoms with Gasteiger partial charge in [-0.15, -0.1) is 0 Å². The number of carboxylic acid groups (broad SMARTS) is 1. The Hall–Kier alpha value is -1.09. The van der Waals surface area contributed by atoms with Gasteiger partial charge < -0.3 is 5.11 Å². The zero-order valence-electron chi connectivity index (χ0n) is 8.53. The van der Waals surface area contributed by atoms with Crippen LogP contribution < -0.4 is 0 Å². The number of hydrogen-bond acceptors (Lipinski definition) is 1. The molecule has 0 aliphatic rings. The van der Waals surface area contributed by atoms with Crippen LogP contribution in [0, 0.1) is 6.92 Å². The van der Waals surface area contributed by atoms with E-state index >= 15 is 0 Å². The summed E-state index contributed by atoms with van der Waals surface area (Å²) >= 11 is 3.42. The Morgan fingerprint density at radius 3 is 2.80 bits per heavy atom. The molecule has 3 heteroatoms. The summed E-state index contributed by atoms with van der Waals surface area (Å²) in [6.45, 7) is 2.03. The SMILES string of the molecule is Cc1cc(Br)cc(/C=C\CCC(=O)O)c1. The molecule has 0 saturated carbocycles. The molecule has 0 aliphatic carbocycles. The Labute approximate surface area is 97.8 Å². The van der Waals surface area contributed by atoms with Crippen molar-refractivity contribution in [2.24, 2.45) is 0 Å². The van der Waals surface area contributed by atoms with Crippen molar-refractivity contribution in [1.82, 2.24) is 0 Å². The molecule has 0 aliphatic heterocycles. The van der Waals surface area contributed by atoms with Gasteiger partial charge in [-0.2, -0.15) is 0 Å². The molecular weight excluding hydrogens is 256 g/mol. The van der Waals surface area contributed by atoms with Gasteiger partial charge in [0.2, 0.25) is 0 Å². The molecule has 1 rings (SSSR count). The van der Waals surface area contributed by atoms with Gasteiger partial charge in [0.25, 0.3) is 0 Å². The Morgan fingerprint density at radius 2 is 2.20 bits per heavy atom. The van der Waals surface area contributed by atoms with Gasteiger partial charge in [-0.25, -0.2) is 0 Å². The second-order valence-corrected chi connectivity index (χ2v) is 4.31. The van der Waals surface area contributed by atoms with Crippen LogP contribution in [0.2, 0.25) is 0 Å². The minimum atomic E-state index is -0.759. The molecular formula is C12H13BrO2. The third kappa shape index (κ3) is 4.79. The highest BCUT2D eigenvalue weighted by atomic mass is 79.9. The fourth-order valence-electron chi connectivity index (χ4n) is 1.29. The molecule has 1 aromatic carbocycles. The molecule has 1 aromatic rings. The van der Waals surface area contributed by atoms with Crippen molar-refractivity contribution >= 4 is 28.0 Å². The van der Waals surface area contributed by atoms with Crippen LogP contribution in [0.1, 0.15) is 24.0 Å². The molecule has 0 atom stereocenters. The Kier molecular flexibility index (Phi) is 4.56. The quantitative estimate of drug-likeness (QED) is 0.906. The number of allylic oxidation sites excluding steroid dienone is 1. The number of rotatable bonds is 4. The van der Waals surface area contributed by atoms with Gasteiger partial charge in [0.15, 0.2) is 0 Å². The van der Waals surface area contributed by atoms with Gasteiger partial charge in [-0.05, 0) is 36.6 Å². The zero-order chi connectivity index (χ0) is 11.3. The lowest BCUT2D eigenvalue weighted by atomic mass is 10.1. The van der Waals surface area contributed by atoms with Crippen LogP contribution in [0.25, 0.3) is 6.08 Å². The van der Waals surface area contributed by atoms with E-state index in [1.54, 1.807) is 0 Å². The summed E-state index contributed by atoms with van der Waals surface area (Å²) in [5, 5.41) is 8.46. The monoisotopic (exact) mass is 268 g/mol. The lowest BCUT2D eigenvalue weighted by molar-refractivity contribution is -0.136. The maximum absolute atomic E-state index is 10.3. The van der Waals surface area contributed by atoms with Crippen LogP contribution in [0.4, 0.5) is 0 Å². The van der Waals surface area contributed by atoms with Gasteiger partial charge in [-0.3, -0.25) is 4.79 Å². The molecule has 0 spiro atoms. The lowest BCUT2D eigenvalue weighted by Crippen LogP contribution is -1.91. The molecule has 0 bridgehead atoms. The van der Waals surface area contributed by atoms with Crippen LogP contribution in [0.3, 0.4) is 0 Å². The van der Waals surface area contributed by atoms with Crippen LogP contribution >= 0.6 is 15.9 Å². The largest absolute Gasteiger partial charge is 0.481 e. The molecule has 0 saturated heterocycles. The van der Waals surface area contributed by atoms with E-state index in [9.17, 15) is 4.79 Å². The second kappa shape index (κ2) is 5.71. The minimum absolute atomic E-state index is 0.184. The first kappa shape index (κ1) is 12.0. The average molecular weight is 269 g/mol. The topological polar surface area (TPSA) is 37.3 Å². The molecule has 1 N–H and O–H groups in total. The van der Waals surface area contributed by atoms with Gasteiger partial charge in [0.05, 0.1) is 0 Å². The standard InChI is InChI=1S/C12H13BrO2/c1-9-6-10(8-11(13)7-9)4-2-3-5-12(14)15/h2,4,6-8H,3,5H2,1H3,(H,14,15)/b4-2-. The Bertz CT molecular complexity index is 363. The first-order valence-electron chi connectivity index (χ1n) is 4.73. The summed E-state index contributed by atoms with van der Waals surface area (Å²) in [6.07, 6.45) is 4.58. The molecule has 80 valence electrons. The molecule has 0 amide bonds. The number of carboxylic acids is 1. The predicted octanol–water partition coefficient (Wildman–Crippen LogP) is 3.64. The highest BCUT2D eigenvalue weighted by Gasteiger charge is 1.94. The van der Waals surface area contributed by atoms with E-state index in [1.807, 2.05) is 31.2 Å². The van der Waals surface area contributed by atoms with Crippen LogP contribution in [-0.2, 0) is 4.79 Å². The zero-order valence-corrected chi connectivity index (χ0v) is 10.1. The highest BCUT2D eigenvalue weighted by Crippen LogP contribution is 2.16. The van der Waals surface area contributed by atoms with Crippen molar-refractivity contribution in [1.29, 1.82) is 0 Å². The van der Waals surface area contributed by atoms with Gasteiger partial charge >= 0.3 is 5.97 Å². The van der Waals surface area contributed by atoms with Gasteiger partial charge in [0, 0.05) is 10.9 Å². The van der Waals surface area contributed by atoms with E-state index < -0.39 is 5.97 Å². The number of benzene rings is 1. The summed E-state index contributed by atoms with van der Waals surface area (Å²) in [6, 6.07) is 6.10. The van der Waals surface area contributed by atoms with E-state index in [4.69, 9.17) is 5.11 Å². The number of aliphatic carboxylic acids is 1. The van der Waals surface area contributed by atoms with Crippen molar-refractivity contribution in [3.63, 3.8) is 0 Å². The van der Waals surface area contributed by atoms with E-state index in [0.717, 1.165) is 10.0 Å². The number of halogens is 1. The van der Waals surface area contributed by atoms with Crippen molar-refractivity contribution in [2.45, 2.75) is 19.8 Å². The molecule has 0 heterocycles. The fraction of sp³-hybridized carbons (Fsp3) is 0.250. The molecule has 0 aromatic heterocycles. The minimum Gasteiger partial charge on any atom is -0.481 e. The van der Waals surface area contributed by atoms with E-state index in [-0.39, 0.29) is 6.42 Å². The first-order valence-corrected chi connectivity index (χ1v) is 5.53. The maximum Gasteiger partial charge on any atom is 0.303 e. The third-order valence-corrected chi connectivity index (χ3v) is 2.36. The van der Waals surface area contributed by atoms with E-state index in [0.29, 0.717) is 6.42 Å². The summed E-state index contributed by atoms with van der Waals surface area (Å²) in [5.74, 6) is -0.759. The highest BCUT2D eigenvalue weighted by molar-refractivity contribution is 9.10. The maximum atomic E-state index is 10.3. The Morgan fingerprint density at radius 1 is 1.47 bits per heavy atom. The van der Waals surface area contributed by atoms with Crippen LogP contribution in [-0.4, -0.2) is 11.1 Å². The number of aryl methyl sites for hydroxylation is 1. The van der Waals surface area contributed by atoms with Crippen molar-refractivity contribution < 1.29 is 9.90 Å². The van der Waals surface area contributed by atoms with Crippen LogP contribution in [0.15, 0.2) is 28.7 Å². The molecule has 0 fully saturated rings. The Balaban J connectivity index is 2.60. The lowest BCUT2D eigenvalue weighted by Gasteiger charge is -1.98. The van der Waals surface area contributed by atoms with Crippen molar-refractivity contribution in [3.05, 3.63) is 39.9 Å². The van der Waals surface area contributed by atoms with Gasteiger partial charge in [0.1, 0.15) is 0 Å². The molecule has 0 radical (unpaired) electrons.